The van der Waals surface area contributed by atoms with Crippen molar-refractivity contribution in [3.05, 3.63) is 76.7 Å². The molecule has 0 saturated carbocycles. The normalized spacial score (nSPS) is 16.8. The molecule has 5 rings (SSSR count). The van der Waals surface area contributed by atoms with E-state index in [0.717, 1.165) is 36.0 Å². The quantitative estimate of drug-likeness (QED) is 0.805. The molecule has 2 aromatic carbocycles. The number of sulfonamides is 1. The molecule has 2 N–H and O–H groups in total. The van der Waals surface area contributed by atoms with Crippen LogP contribution in [0.4, 0.5) is 0 Å². The smallest absolute Gasteiger partial charge is 0.300 e. The molecule has 4 bridgehead atoms. The molecule has 146 valence electrons. The number of rotatable bonds is 5. The fraction of sp³-hybridized carbons (Fsp3) is 0.190. The maximum Gasteiger partial charge on any atom is 0.300 e. The summed E-state index contributed by atoms with van der Waals surface area (Å²) < 4.78 is 32.6. The Balaban J connectivity index is 0.000000516. The summed E-state index contributed by atoms with van der Waals surface area (Å²) in [6, 6.07) is 15.4. The monoisotopic (exact) mass is 399 g/mol. The van der Waals surface area contributed by atoms with Gasteiger partial charge in [-0.05, 0) is 53.8 Å². The third kappa shape index (κ3) is 5.31. The zero-order chi connectivity index (χ0) is 20.1. The van der Waals surface area contributed by atoms with Crippen LogP contribution in [0.5, 0.6) is 5.75 Å². The molecule has 0 aromatic heterocycles. The van der Waals surface area contributed by atoms with Crippen molar-refractivity contribution in [2.24, 2.45) is 5.92 Å². The minimum atomic E-state index is -3.46. The van der Waals surface area contributed by atoms with E-state index in [1.807, 2.05) is 48.5 Å². The van der Waals surface area contributed by atoms with Crippen molar-refractivity contribution in [2.75, 3.05) is 6.54 Å². The van der Waals surface area contributed by atoms with Crippen LogP contribution < -0.4 is 9.46 Å². The molecule has 0 fully saturated rings. The van der Waals surface area contributed by atoms with Crippen LogP contribution in [0.2, 0.25) is 0 Å². The van der Waals surface area contributed by atoms with Gasteiger partial charge in [0, 0.05) is 24.4 Å². The van der Waals surface area contributed by atoms with Gasteiger partial charge in [0.15, 0.2) is 0 Å². The Hall–Kier alpha value is -2.90. The molecule has 1 atom stereocenters. The highest BCUT2D eigenvalue weighted by atomic mass is 32.2. The van der Waals surface area contributed by atoms with Crippen molar-refractivity contribution in [3.63, 3.8) is 0 Å². The summed E-state index contributed by atoms with van der Waals surface area (Å²) in [6.45, 7) is 1.44. The number of nitrogens with one attached hydrogen (secondary N) is 1. The van der Waals surface area contributed by atoms with Gasteiger partial charge < -0.3 is 9.84 Å². The third-order valence-corrected chi connectivity index (χ3v) is 5.29. The molecule has 2 aromatic rings. The SMILES string of the molecule is CC(=O)O.O=S(=O)(C=Cc1ccccc1)NCC1C=C2Oc3ccc2c(c3)C1. The Bertz CT molecular complexity index is 1020. The van der Waals surface area contributed by atoms with Crippen LogP contribution in [0.1, 0.15) is 23.6 Å². The van der Waals surface area contributed by atoms with Crippen molar-refractivity contribution in [3.8, 4) is 5.75 Å². The topological polar surface area (TPSA) is 92.7 Å². The zero-order valence-electron chi connectivity index (χ0n) is 15.3. The maximum absolute atomic E-state index is 12.1. The number of carboxylic acids is 1. The van der Waals surface area contributed by atoms with Crippen molar-refractivity contribution in [2.45, 2.75) is 13.3 Å². The van der Waals surface area contributed by atoms with E-state index in [4.69, 9.17) is 14.6 Å². The summed E-state index contributed by atoms with van der Waals surface area (Å²) in [5.74, 6) is 0.972. The lowest BCUT2D eigenvalue weighted by atomic mass is 9.87. The van der Waals surface area contributed by atoms with Gasteiger partial charge in [-0.15, -0.1) is 0 Å². The minimum Gasteiger partial charge on any atom is -0.481 e. The van der Waals surface area contributed by atoms with Crippen LogP contribution in [0.15, 0.2) is 60.0 Å². The first-order valence-corrected chi connectivity index (χ1v) is 10.3. The Morgan fingerprint density at radius 1 is 1.25 bits per heavy atom. The van der Waals surface area contributed by atoms with Crippen LogP contribution in [-0.2, 0) is 21.2 Å². The summed E-state index contributed by atoms with van der Waals surface area (Å²) in [4.78, 5) is 9.00. The van der Waals surface area contributed by atoms with E-state index in [2.05, 4.69) is 10.8 Å². The molecular formula is C21H21NO5S. The van der Waals surface area contributed by atoms with Gasteiger partial charge in [-0.3, -0.25) is 4.79 Å². The highest BCUT2D eigenvalue weighted by Crippen LogP contribution is 2.38. The van der Waals surface area contributed by atoms with Crippen molar-refractivity contribution in [1.82, 2.24) is 4.72 Å². The average Bonchev–Trinajstić information content (AvgIpc) is 2.65. The van der Waals surface area contributed by atoms with Gasteiger partial charge in [0.25, 0.3) is 5.97 Å². The first-order valence-electron chi connectivity index (χ1n) is 8.78. The second kappa shape index (κ2) is 8.41. The molecule has 0 saturated heterocycles. The number of benzene rings is 2. The van der Waals surface area contributed by atoms with E-state index in [0.29, 0.717) is 6.54 Å². The van der Waals surface area contributed by atoms with Crippen molar-refractivity contribution in [1.29, 1.82) is 0 Å². The number of carbonyl (C=O) groups is 1. The van der Waals surface area contributed by atoms with Gasteiger partial charge >= 0.3 is 0 Å². The van der Waals surface area contributed by atoms with Gasteiger partial charge in [0.1, 0.15) is 11.5 Å². The van der Waals surface area contributed by atoms with E-state index < -0.39 is 16.0 Å². The van der Waals surface area contributed by atoms with Crippen LogP contribution >= 0.6 is 0 Å². The summed E-state index contributed by atoms with van der Waals surface area (Å²) in [5.41, 5.74) is 3.19. The molecule has 3 aliphatic rings. The van der Waals surface area contributed by atoms with E-state index >= 15 is 0 Å². The van der Waals surface area contributed by atoms with E-state index in [-0.39, 0.29) is 5.92 Å². The van der Waals surface area contributed by atoms with Gasteiger partial charge in [0.2, 0.25) is 10.0 Å². The van der Waals surface area contributed by atoms with E-state index in [1.165, 1.54) is 11.0 Å². The first kappa shape index (κ1) is 19.9. The molecule has 7 heteroatoms. The van der Waals surface area contributed by atoms with E-state index in [9.17, 15) is 8.42 Å². The number of ether oxygens (including phenoxy) is 1. The Kier molecular flexibility index (Phi) is 5.96. The number of hydrogen-bond donors (Lipinski definition) is 2. The number of carboxylic acid groups (broad SMARTS) is 1. The standard InChI is InChI=1S/C19H17NO3S.C2H4O2/c21-24(22,9-8-14-4-2-1-3-5-14)20-13-15-10-16-12-17-6-7-18(16)19(11-15)23-17;1-2(3)4/h1-9,11-12,15,20H,10,13H2;1H3,(H,3,4). The predicted octanol–water partition coefficient (Wildman–Crippen LogP) is 3.27. The minimum absolute atomic E-state index is 0.1000. The van der Waals surface area contributed by atoms with Crippen molar-refractivity contribution >= 4 is 27.8 Å². The van der Waals surface area contributed by atoms with Crippen LogP contribution in [0.25, 0.3) is 11.8 Å². The largest absolute Gasteiger partial charge is 0.481 e. The van der Waals surface area contributed by atoms with Crippen LogP contribution in [0.3, 0.4) is 0 Å². The molecule has 2 aliphatic heterocycles. The molecule has 6 nitrogen and oxygen atoms in total. The summed E-state index contributed by atoms with van der Waals surface area (Å²) in [5, 5.41) is 8.63. The third-order valence-electron chi connectivity index (χ3n) is 4.23. The Morgan fingerprint density at radius 3 is 2.61 bits per heavy atom. The molecule has 2 heterocycles. The van der Waals surface area contributed by atoms with Crippen molar-refractivity contribution < 1.29 is 23.1 Å². The zero-order valence-corrected chi connectivity index (χ0v) is 16.1. The highest BCUT2D eigenvalue weighted by molar-refractivity contribution is 7.92. The van der Waals surface area contributed by atoms with E-state index in [1.54, 1.807) is 6.08 Å². The van der Waals surface area contributed by atoms with Gasteiger partial charge in [-0.25, -0.2) is 13.1 Å². The van der Waals surface area contributed by atoms with Crippen LogP contribution in [-0.4, -0.2) is 26.0 Å². The summed E-state index contributed by atoms with van der Waals surface area (Å²) in [7, 11) is -3.46. The van der Waals surface area contributed by atoms with Gasteiger partial charge in [-0.1, -0.05) is 30.3 Å². The molecule has 28 heavy (non-hydrogen) atoms. The number of aliphatic carboxylic acids is 1. The fourth-order valence-corrected chi connectivity index (χ4v) is 3.92. The lowest BCUT2D eigenvalue weighted by molar-refractivity contribution is -0.134. The highest BCUT2D eigenvalue weighted by Gasteiger charge is 2.26. The van der Waals surface area contributed by atoms with Gasteiger partial charge in [-0.2, -0.15) is 0 Å². The second-order valence-corrected chi connectivity index (χ2v) is 8.19. The Morgan fingerprint density at radius 2 is 1.96 bits per heavy atom. The first-order chi connectivity index (χ1) is 13.3. The lowest BCUT2D eigenvalue weighted by Crippen LogP contribution is -2.30. The molecule has 1 unspecified atom stereocenters. The number of fused-ring (bicyclic) bond motifs is 1. The Labute approximate surface area is 164 Å². The summed E-state index contributed by atoms with van der Waals surface area (Å²) in [6.07, 6.45) is 4.43. The molecule has 1 aliphatic carbocycles. The summed E-state index contributed by atoms with van der Waals surface area (Å²) >= 11 is 0. The molecular weight excluding hydrogens is 378 g/mol. The molecule has 0 radical (unpaired) electrons. The average molecular weight is 399 g/mol. The van der Waals surface area contributed by atoms with Gasteiger partial charge in [0.05, 0.1) is 0 Å². The lowest BCUT2D eigenvalue weighted by Gasteiger charge is -2.28. The molecule has 0 spiro atoms. The fourth-order valence-electron chi connectivity index (χ4n) is 3.04. The van der Waals surface area contributed by atoms with Crippen LogP contribution in [0, 0.1) is 5.92 Å². The number of hydrogen-bond acceptors (Lipinski definition) is 4. The maximum atomic E-state index is 12.1. The molecule has 0 amide bonds. The second-order valence-electron chi connectivity index (χ2n) is 6.54. The predicted molar refractivity (Wildman–Crippen MR) is 108 cm³/mol.